The number of aromatic nitrogens is 1. The number of amides is 1. The predicted octanol–water partition coefficient (Wildman–Crippen LogP) is 1.69. The van der Waals surface area contributed by atoms with Crippen molar-refractivity contribution in [1.82, 2.24) is 9.88 Å². The van der Waals surface area contributed by atoms with E-state index in [9.17, 15) is 4.79 Å². The first-order valence-electron chi connectivity index (χ1n) is 5.30. The molecule has 0 saturated heterocycles. The highest BCUT2D eigenvalue weighted by atomic mass is 32.2. The summed E-state index contributed by atoms with van der Waals surface area (Å²) in [6.07, 6.45) is 5.70. The van der Waals surface area contributed by atoms with Crippen LogP contribution in [0.4, 0.5) is 0 Å². The lowest BCUT2D eigenvalue weighted by molar-refractivity contribution is -0.128. The largest absolute Gasteiger partial charge is 0.337 e. The van der Waals surface area contributed by atoms with E-state index in [1.54, 1.807) is 17.3 Å². The van der Waals surface area contributed by atoms with Gasteiger partial charge in [0, 0.05) is 25.5 Å². The Labute approximate surface area is 106 Å². The summed E-state index contributed by atoms with van der Waals surface area (Å²) in [6, 6.07) is 5.84. The molecule has 1 aromatic rings. The van der Waals surface area contributed by atoms with Gasteiger partial charge in [0.05, 0.1) is 18.2 Å². The zero-order valence-corrected chi connectivity index (χ0v) is 10.6. The molecule has 0 aliphatic carbocycles. The van der Waals surface area contributed by atoms with E-state index in [2.05, 4.69) is 11.1 Å². The second-order valence-electron chi connectivity index (χ2n) is 3.52. The first-order chi connectivity index (χ1) is 8.27. The molecular formula is C12H15N3OS. The van der Waals surface area contributed by atoms with E-state index in [1.165, 1.54) is 11.8 Å². The molecule has 0 fully saturated rings. The SMILES string of the molecule is CSCC(=O)N(CCC#N)Cc1cccnc1. The van der Waals surface area contributed by atoms with Crippen LogP contribution < -0.4 is 0 Å². The van der Waals surface area contributed by atoms with Crippen LogP contribution in [0.25, 0.3) is 0 Å². The van der Waals surface area contributed by atoms with Crippen molar-refractivity contribution in [3.63, 3.8) is 0 Å². The number of rotatable bonds is 6. The molecule has 0 radical (unpaired) electrons. The Morgan fingerprint density at radius 1 is 1.65 bits per heavy atom. The van der Waals surface area contributed by atoms with Gasteiger partial charge in [0.15, 0.2) is 0 Å². The van der Waals surface area contributed by atoms with Gasteiger partial charge < -0.3 is 4.90 Å². The number of carbonyl (C=O) groups is 1. The van der Waals surface area contributed by atoms with Crippen molar-refractivity contribution >= 4 is 17.7 Å². The van der Waals surface area contributed by atoms with Crippen molar-refractivity contribution in [2.24, 2.45) is 0 Å². The summed E-state index contributed by atoms with van der Waals surface area (Å²) < 4.78 is 0. The third-order valence-electron chi connectivity index (χ3n) is 2.21. The quantitative estimate of drug-likeness (QED) is 0.769. The van der Waals surface area contributed by atoms with Crippen molar-refractivity contribution in [3.05, 3.63) is 30.1 Å². The maximum Gasteiger partial charge on any atom is 0.232 e. The van der Waals surface area contributed by atoms with Gasteiger partial charge in [-0.3, -0.25) is 9.78 Å². The molecule has 0 bridgehead atoms. The van der Waals surface area contributed by atoms with Gasteiger partial charge >= 0.3 is 0 Å². The minimum atomic E-state index is 0.0663. The average Bonchev–Trinajstić information content (AvgIpc) is 2.36. The molecule has 4 nitrogen and oxygen atoms in total. The molecule has 1 rings (SSSR count). The smallest absolute Gasteiger partial charge is 0.232 e. The van der Waals surface area contributed by atoms with Gasteiger partial charge in [0.25, 0.3) is 0 Å². The normalized spacial score (nSPS) is 9.65. The lowest BCUT2D eigenvalue weighted by atomic mass is 10.2. The molecule has 17 heavy (non-hydrogen) atoms. The maximum absolute atomic E-state index is 11.8. The highest BCUT2D eigenvalue weighted by Crippen LogP contribution is 2.06. The average molecular weight is 249 g/mol. The van der Waals surface area contributed by atoms with E-state index < -0.39 is 0 Å². The second-order valence-corrected chi connectivity index (χ2v) is 4.38. The predicted molar refractivity (Wildman–Crippen MR) is 68.3 cm³/mol. The van der Waals surface area contributed by atoms with Gasteiger partial charge in [0.1, 0.15) is 0 Å². The molecule has 0 unspecified atom stereocenters. The molecule has 0 N–H and O–H groups in total. The van der Waals surface area contributed by atoms with Gasteiger partial charge in [-0.15, -0.1) is 0 Å². The molecule has 0 aliphatic heterocycles. The molecule has 0 atom stereocenters. The molecule has 1 heterocycles. The van der Waals surface area contributed by atoms with Crippen molar-refractivity contribution in [2.45, 2.75) is 13.0 Å². The van der Waals surface area contributed by atoms with E-state index in [4.69, 9.17) is 5.26 Å². The number of hydrogen-bond donors (Lipinski definition) is 0. The number of nitrogens with zero attached hydrogens (tertiary/aromatic N) is 3. The van der Waals surface area contributed by atoms with E-state index in [0.29, 0.717) is 25.3 Å². The van der Waals surface area contributed by atoms with Gasteiger partial charge in [-0.25, -0.2) is 0 Å². The Hall–Kier alpha value is -1.54. The Morgan fingerprint density at radius 3 is 3.06 bits per heavy atom. The van der Waals surface area contributed by atoms with Crippen LogP contribution in [-0.4, -0.2) is 34.3 Å². The molecule has 90 valence electrons. The number of hydrogen-bond acceptors (Lipinski definition) is 4. The van der Waals surface area contributed by atoms with Gasteiger partial charge in [-0.1, -0.05) is 6.07 Å². The number of carbonyl (C=O) groups excluding carboxylic acids is 1. The number of thioether (sulfide) groups is 1. The van der Waals surface area contributed by atoms with Crippen LogP contribution in [0.5, 0.6) is 0 Å². The molecule has 0 aliphatic rings. The fourth-order valence-electron chi connectivity index (χ4n) is 1.40. The molecule has 1 aromatic heterocycles. The summed E-state index contributed by atoms with van der Waals surface area (Å²) in [7, 11) is 0. The van der Waals surface area contributed by atoms with Crippen LogP contribution in [0.2, 0.25) is 0 Å². The van der Waals surface area contributed by atoms with Crippen LogP contribution in [-0.2, 0) is 11.3 Å². The molecule has 0 saturated carbocycles. The van der Waals surface area contributed by atoms with Crippen LogP contribution in [0.15, 0.2) is 24.5 Å². The summed E-state index contributed by atoms with van der Waals surface area (Å²) in [4.78, 5) is 17.5. The summed E-state index contributed by atoms with van der Waals surface area (Å²) >= 11 is 1.49. The van der Waals surface area contributed by atoms with Gasteiger partial charge in [-0.05, 0) is 17.9 Å². The minimum absolute atomic E-state index is 0.0663. The Morgan fingerprint density at radius 2 is 2.47 bits per heavy atom. The lowest BCUT2D eigenvalue weighted by Crippen LogP contribution is -2.32. The third-order valence-corrected chi connectivity index (χ3v) is 2.75. The van der Waals surface area contributed by atoms with Crippen molar-refractivity contribution < 1.29 is 4.79 Å². The summed E-state index contributed by atoms with van der Waals surface area (Å²) in [5.74, 6) is 0.516. The van der Waals surface area contributed by atoms with Crippen LogP contribution >= 0.6 is 11.8 Å². The summed E-state index contributed by atoms with van der Waals surface area (Å²) in [6.45, 7) is 1.000. The first kappa shape index (κ1) is 13.5. The molecule has 5 heteroatoms. The Bertz CT molecular complexity index is 388. The van der Waals surface area contributed by atoms with Crippen LogP contribution in [0.3, 0.4) is 0 Å². The first-order valence-corrected chi connectivity index (χ1v) is 6.70. The van der Waals surface area contributed by atoms with E-state index in [1.807, 2.05) is 18.4 Å². The molecule has 1 amide bonds. The van der Waals surface area contributed by atoms with E-state index in [-0.39, 0.29) is 5.91 Å². The van der Waals surface area contributed by atoms with Crippen molar-refractivity contribution in [3.8, 4) is 6.07 Å². The monoisotopic (exact) mass is 249 g/mol. The molecular weight excluding hydrogens is 234 g/mol. The second kappa shape index (κ2) is 7.69. The fourth-order valence-corrected chi connectivity index (χ4v) is 1.83. The van der Waals surface area contributed by atoms with Gasteiger partial charge in [0.2, 0.25) is 5.91 Å². The zero-order chi connectivity index (χ0) is 12.5. The zero-order valence-electron chi connectivity index (χ0n) is 9.80. The minimum Gasteiger partial charge on any atom is -0.337 e. The Kier molecular flexibility index (Phi) is 6.12. The van der Waals surface area contributed by atoms with E-state index in [0.717, 1.165) is 5.56 Å². The summed E-state index contributed by atoms with van der Waals surface area (Å²) in [5, 5.41) is 8.59. The molecule has 0 spiro atoms. The van der Waals surface area contributed by atoms with Crippen LogP contribution in [0.1, 0.15) is 12.0 Å². The number of pyridine rings is 1. The van der Waals surface area contributed by atoms with Crippen LogP contribution in [0, 0.1) is 11.3 Å². The highest BCUT2D eigenvalue weighted by molar-refractivity contribution is 7.99. The topological polar surface area (TPSA) is 57.0 Å². The number of nitriles is 1. The Balaban J connectivity index is 2.63. The van der Waals surface area contributed by atoms with Crippen molar-refractivity contribution in [1.29, 1.82) is 5.26 Å². The van der Waals surface area contributed by atoms with E-state index >= 15 is 0 Å². The fraction of sp³-hybridized carbons (Fsp3) is 0.417. The molecule has 0 aromatic carbocycles. The van der Waals surface area contributed by atoms with Crippen molar-refractivity contribution in [2.75, 3.05) is 18.6 Å². The lowest BCUT2D eigenvalue weighted by Gasteiger charge is -2.21. The summed E-state index contributed by atoms with van der Waals surface area (Å²) in [5.41, 5.74) is 0.986. The van der Waals surface area contributed by atoms with Gasteiger partial charge in [-0.2, -0.15) is 17.0 Å². The highest BCUT2D eigenvalue weighted by Gasteiger charge is 2.12. The maximum atomic E-state index is 11.8. The third kappa shape index (κ3) is 4.87. The standard InChI is InChI=1S/C12H15N3OS/c1-17-10-12(16)15(7-3-5-13)9-11-4-2-6-14-8-11/h2,4,6,8H,3,7,9-10H2,1H3.